The van der Waals surface area contributed by atoms with Crippen LogP contribution in [0.2, 0.25) is 0 Å². The Morgan fingerprint density at radius 1 is 0.722 bits per heavy atom. The van der Waals surface area contributed by atoms with Crippen LogP contribution in [0.1, 0.15) is 33.6 Å². The third-order valence-corrected chi connectivity index (χ3v) is 7.30. The fraction of sp³-hybridized carbons (Fsp3) is 0.440. The smallest absolute Gasteiger partial charge is 0.338 e. The van der Waals surface area contributed by atoms with E-state index in [0.717, 1.165) is 22.2 Å². The number of aliphatic hydroxyl groups excluding tert-OH is 1. The third-order valence-electron chi connectivity index (χ3n) is 6.25. The maximum Gasteiger partial charge on any atom is 0.338 e. The molecule has 7 rings (SSSR count). The van der Waals surface area contributed by atoms with E-state index in [9.17, 15) is 14.7 Å². The molecule has 11 heteroatoms. The van der Waals surface area contributed by atoms with Crippen molar-refractivity contribution in [3.05, 3.63) is 68.6 Å². The minimum atomic E-state index is -1.16. The molecule has 7 atom stereocenters. The number of hydrogen-bond acceptors (Lipinski definition) is 9. The maximum absolute atomic E-state index is 12.7. The van der Waals surface area contributed by atoms with E-state index in [-0.39, 0.29) is 0 Å². The van der Waals surface area contributed by atoms with Gasteiger partial charge in [-0.1, -0.05) is 31.9 Å². The number of ether oxygens (including phenoxy) is 6. The number of halogens is 2. The molecule has 4 heterocycles. The van der Waals surface area contributed by atoms with Gasteiger partial charge in [-0.25, -0.2) is 9.59 Å². The first-order chi connectivity index (χ1) is 17.4. The Balaban J connectivity index is 0.000000477. The lowest BCUT2D eigenvalue weighted by atomic mass is 9.82. The van der Waals surface area contributed by atoms with Gasteiger partial charge in [0.15, 0.2) is 12.2 Å². The van der Waals surface area contributed by atoms with E-state index in [1.54, 1.807) is 48.5 Å². The van der Waals surface area contributed by atoms with Gasteiger partial charge in [0.1, 0.15) is 24.4 Å². The summed E-state index contributed by atoms with van der Waals surface area (Å²) in [6.07, 6.45) is -3.13. The molecule has 5 fully saturated rings. The van der Waals surface area contributed by atoms with Gasteiger partial charge in [0, 0.05) is 22.2 Å². The number of carbonyl (C=O) groups excluding carboxylic acids is 2. The monoisotopic (exact) mass is 626 g/mol. The van der Waals surface area contributed by atoms with Crippen molar-refractivity contribution in [1.82, 2.24) is 0 Å². The number of hydrogen-bond donors (Lipinski definition) is 1. The van der Waals surface area contributed by atoms with Crippen molar-refractivity contribution in [2.24, 2.45) is 0 Å². The molecule has 5 aliphatic rings. The van der Waals surface area contributed by atoms with E-state index in [4.69, 9.17) is 28.4 Å². The number of benzene rings is 2. The molecule has 3 unspecified atom stereocenters. The first-order valence-corrected chi connectivity index (χ1v) is 13.1. The molecule has 4 bridgehead atoms. The van der Waals surface area contributed by atoms with Crippen LogP contribution < -0.4 is 0 Å². The Labute approximate surface area is 224 Å². The SMILES string of the molecule is C1CCOC1.O=C(O[C@H]1C2OC3O[C@@H]1C(O)[C@H](O3)[C@H]2OC(=O)c1ccc(Br)cc1)c1ccc(Br)cc1. The predicted molar refractivity (Wildman–Crippen MR) is 131 cm³/mol. The highest BCUT2D eigenvalue weighted by atomic mass is 79.9. The molecule has 2 aromatic rings. The Hall–Kier alpha value is -1.86. The second-order valence-electron chi connectivity index (χ2n) is 8.65. The first-order valence-electron chi connectivity index (χ1n) is 11.6. The number of carbonyl (C=O) groups is 2. The van der Waals surface area contributed by atoms with Gasteiger partial charge in [-0.05, 0) is 61.4 Å². The highest BCUT2D eigenvalue weighted by Gasteiger charge is 2.64. The molecule has 0 amide bonds. The lowest BCUT2D eigenvalue weighted by molar-refractivity contribution is -0.479. The summed E-state index contributed by atoms with van der Waals surface area (Å²) in [7, 11) is 0. The summed E-state index contributed by atoms with van der Waals surface area (Å²) in [6.45, 7) is 0.980. The summed E-state index contributed by atoms with van der Waals surface area (Å²) in [5.74, 6) is -1.22. The van der Waals surface area contributed by atoms with Gasteiger partial charge in [0.05, 0.1) is 11.1 Å². The quantitative estimate of drug-likeness (QED) is 0.509. The topological polar surface area (TPSA) is 110 Å². The van der Waals surface area contributed by atoms with Gasteiger partial charge in [0.2, 0.25) is 0 Å². The molecule has 4 saturated heterocycles. The second kappa shape index (κ2) is 11.3. The maximum atomic E-state index is 12.7. The van der Waals surface area contributed by atoms with E-state index in [0.29, 0.717) is 11.1 Å². The number of esters is 2. The highest BCUT2D eigenvalue weighted by Crippen LogP contribution is 2.42. The minimum Gasteiger partial charge on any atom is -0.453 e. The van der Waals surface area contributed by atoms with E-state index in [2.05, 4.69) is 31.9 Å². The van der Waals surface area contributed by atoms with E-state index in [1.165, 1.54) is 12.8 Å². The Kier molecular flexibility index (Phi) is 8.06. The normalized spacial score (nSPS) is 31.9. The molecule has 4 aliphatic heterocycles. The molecular weight excluding hydrogens is 604 g/mol. The molecule has 0 radical (unpaired) electrons. The van der Waals surface area contributed by atoms with Crippen molar-refractivity contribution in [3.63, 3.8) is 0 Å². The summed E-state index contributed by atoms with van der Waals surface area (Å²) in [5, 5.41) is 10.7. The summed E-state index contributed by atoms with van der Waals surface area (Å²) in [4.78, 5) is 25.3. The second-order valence-corrected chi connectivity index (χ2v) is 10.5. The van der Waals surface area contributed by atoms with Crippen LogP contribution in [0.3, 0.4) is 0 Å². The van der Waals surface area contributed by atoms with E-state index >= 15 is 0 Å². The molecule has 2 aromatic carbocycles. The summed E-state index contributed by atoms with van der Waals surface area (Å²) < 4.78 is 34.6. The average molecular weight is 628 g/mol. The van der Waals surface area contributed by atoms with Crippen LogP contribution in [0.25, 0.3) is 0 Å². The lowest BCUT2D eigenvalue weighted by Gasteiger charge is -2.56. The molecule has 192 valence electrons. The van der Waals surface area contributed by atoms with Crippen LogP contribution >= 0.6 is 31.9 Å². The van der Waals surface area contributed by atoms with Crippen LogP contribution in [0.4, 0.5) is 0 Å². The van der Waals surface area contributed by atoms with Crippen molar-refractivity contribution in [1.29, 1.82) is 0 Å². The van der Waals surface area contributed by atoms with Crippen LogP contribution in [-0.2, 0) is 28.4 Å². The summed E-state index contributed by atoms with van der Waals surface area (Å²) >= 11 is 6.63. The Bertz CT molecular complexity index is 989. The molecule has 0 spiro atoms. The Morgan fingerprint density at radius 3 is 1.53 bits per heavy atom. The van der Waals surface area contributed by atoms with Crippen LogP contribution in [0.5, 0.6) is 0 Å². The van der Waals surface area contributed by atoms with Crippen LogP contribution in [0, 0.1) is 0 Å². The summed E-state index contributed by atoms with van der Waals surface area (Å²) in [6, 6.07) is 13.3. The molecule has 1 saturated carbocycles. The van der Waals surface area contributed by atoms with Gasteiger partial charge < -0.3 is 33.5 Å². The van der Waals surface area contributed by atoms with Gasteiger partial charge >= 0.3 is 11.9 Å². The molecule has 1 aliphatic carbocycles. The average Bonchev–Trinajstić information content (AvgIpc) is 3.47. The van der Waals surface area contributed by atoms with E-state index < -0.39 is 55.0 Å². The third kappa shape index (κ3) is 5.52. The standard InChI is InChI=1S/C21H16Br2O8.C4H8O/c22-11-5-1-9(2-6-11)19(25)27-16-14-13(24)15-17(18(16)31-21(29-14)30-15)28-20(26)10-3-7-12(23)8-4-10;1-2-4-5-3-1/h1-8,13-18,21,24H;1-4H2/t13?,14-,15+,16-,17-,18?,21?;/m1./s1. The predicted octanol–water partition coefficient (Wildman–Crippen LogP) is 3.60. The molecule has 1 N–H and O–H groups in total. The number of rotatable bonds is 4. The van der Waals surface area contributed by atoms with Crippen molar-refractivity contribution in [3.8, 4) is 0 Å². The fourth-order valence-corrected chi connectivity index (χ4v) is 4.95. The van der Waals surface area contributed by atoms with Gasteiger partial charge in [-0.2, -0.15) is 0 Å². The zero-order valence-electron chi connectivity index (χ0n) is 19.0. The van der Waals surface area contributed by atoms with Crippen LogP contribution in [0.15, 0.2) is 57.5 Å². The largest absolute Gasteiger partial charge is 0.453 e. The van der Waals surface area contributed by atoms with Crippen molar-refractivity contribution < 1.29 is 43.1 Å². The van der Waals surface area contributed by atoms with Crippen molar-refractivity contribution in [2.75, 3.05) is 13.2 Å². The van der Waals surface area contributed by atoms with Gasteiger partial charge in [-0.15, -0.1) is 0 Å². The molecule has 36 heavy (non-hydrogen) atoms. The number of aliphatic hydroxyl groups is 1. The lowest BCUT2D eigenvalue weighted by Crippen LogP contribution is -2.76. The summed E-state index contributed by atoms with van der Waals surface area (Å²) in [5.41, 5.74) is 0.650. The highest BCUT2D eigenvalue weighted by molar-refractivity contribution is 9.10. The van der Waals surface area contributed by atoms with Crippen molar-refractivity contribution in [2.45, 2.75) is 55.9 Å². The zero-order valence-corrected chi connectivity index (χ0v) is 22.1. The van der Waals surface area contributed by atoms with Gasteiger partial charge in [0.25, 0.3) is 6.48 Å². The van der Waals surface area contributed by atoms with Gasteiger partial charge in [-0.3, -0.25) is 0 Å². The zero-order chi connectivity index (χ0) is 25.2. The van der Waals surface area contributed by atoms with Crippen molar-refractivity contribution >= 4 is 43.8 Å². The minimum absolute atomic E-state index is 0.325. The molecule has 9 nitrogen and oxygen atoms in total. The first kappa shape index (κ1) is 25.8. The molecule has 0 aromatic heterocycles. The molecular formula is C25H24Br2O9. The van der Waals surface area contributed by atoms with Crippen LogP contribution in [-0.4, -0.2) is 73.4 Å². The van der Waals surface area contributed by atoms with E-state index in [1.807, 2.05) is 0 Å². The fourth-order valence-electron chi connectivity index (χ4n) is 4.42. The Morgan fingerprint density at radius 2 is 1.14 bits per heavy atom.